The summed E-state index contributed by atoms with van der Waals surface area (Å²) in [6, 6.07) is 4.27. The zero-order valence-electron chi connectivity index (χ0n) is 10.6. The predicted octanol–water partition coefficient (Wildman–Crippen LogP) is 4.49. The van der Waals surface area contributed by atoms with Crippen molar-refractivity contribution in [3.63, 3.8) is 0 Å². The van der Waals surface area contributed by atoms with E-state index in [0.29, 0.717) is 5.92 Å². The average Bonchev–Trinajstić information content (AvgIpc) is 2.74. The Morgan fingerprint density at radius 1 is 1.12 bits per heavy atom. The molecule has 0 aliphatic heterocycles. The number of benzene rings is 1. The summed E-state index contributed by atoms with van der Waals surface area (Å²) in [5.74, 6) is 1.52. The van der Waals surface area contributed by atoms with E-state index >= 15 is 0 Å². The molecule has 1 heterocycles. The van der Waals surface area contributed by atoms with Crippen molar-refractivity contribution in [1.82, 2.24) is 4.98 Å². The van der Waals surface area contributed by atoms with Gasteiger partial charge in [-0.2, -0.15) is 0 Å². The minimum atomic E-state index is 0.552. The summed E-state index contributed by atoms with van der Waals surface area (Å²) < 4.78 is 5.96. The van der Waals surface area contributed by atoms with Crippen molar-refractivity contribution in [2.24, 2.45) is 0 Å². The highest BCUT2D eigenvalue weighted by Gasteiger charge is 2.21. The Labute approximate surface area is 102 Å². The molecule has 90 valence electrons. The zero-order chi connectivity index (χ0) is 11.8. The van der Waals surface area contributed by atoms with Crippen LogP contribution >= 0.6 is 0 Å². The zero-order valence-corrected chi connectivity index (χ0v) is 10.6. The van der Waals surface area contributed by atoms with Gasteiger partial charge in [0.1, 0.15) is 5.52 Å². The number of rotatable bonds is 1. The van der Waals surface area contributed by atoms with E-state index in [1.54, 1.807) is 0 Å². The third-order valence-corrected chi connectivity index (χ3v) is 3.80. The minimum Gasteiger partial charge on any atom is -0.440 e. The van der Waals surface area contributed by atoms with Gasteiger partial charge in [0.15, 0.2) is 11.5 Å². The van der Waals surface area contributed by atoms with Crippen molar-refractivity contribution < 1.29 is 4.42 Å². The lowest BCUT2D eigenvalue weighted by Crippen LogP contribution is -2.04. The fraction of sp³-hybridized carbons (Fsp3) is 0.533. The number of aryl methyl sites for hydroxylation is 2. The van der Waals surface area contributed by atoms with Crippen LogP contribution in [-0.4, -0.2) is 4.98 Å². The van der Waals surface area contributed by atoms with E-state index in [1.807, 2.05) is 0 Å². The lowest BCUT2D eigenvalue weighted by Gasteiger charge is -2.17. The number of hydrogen-bond acceptors (Lipinski definition) is 2. The summed E-state index contributed by atoms with van der Waals surface area (Å²) in [4.78, 5) is 4.71. The average molecular weight is 229 g/mol. The molecule has 1 aromatic heterocycles. The lowest BCUT2D eigenvalue weighted by atomic mass is 9.89. The Morgan fingerprint density at radius 3 is 2.65 bits per heavy atom. The van der Waals surface area contributed by atoms with E-state index in [2.05, 4.69) is 26.0 Å². The summed E-state index contributed by atoms with van der Waals surface area (Å²) in [7, 11) is 0. The lowest BCUT2D eigenvalue weighted by molar-refractivity contribution is 0.373. The largest absolute Gasteiger partial charge is 0.440 e. The van der Waals surface area contributed by atoms with Crippen molar-refractivity contribution >= 4 is 11.1 Å². The molecule has 2 aromatic rings. The smallest absolute Gasteiger partial charge is 0.198 e. The van der Waals surface area contributed by atoms with E-state index in [4.69, 9.17) is 9.40 Å². The number of aromatic nitrogens is 1. The van der Waals surface area contributed by atoms with Crippen LogP contribution in [0.4, 0.5) is 0 Å². The molecular formula is C15H19NO. The summed E-state index contributed by atoms with van der Waals surface area (Å²) in [6.45, 7) is 4.22. The highest BCUT2D eigenvalue weighted by molar-refractivity contribution is 5.77. The molecule has 0 unspecified atom stereocenters. The minimum absolute atomic E-state index is 0.552. The van der Waals surface area contributed by atoms with Crippen LogP contribution in [-0.2, 0) is 0 Å². The van der Waals surface area contributed by atoms with Gasteiger partial charge in [-0.05, 0) is 43.9 Å². The van der Waals surface area contributed by atoms with Crippen LogP contribution in [0.1, 0.15) is 55.0 Å². The second kappa shape index (κ2) is 4.17. The Hall–Kier alpha value is -1.31. The number of oxazole rings is 1. The first kappa shape index (κ1) is 10.8. The number of hydrogen-bond donors (Lipinski definition) is 0. The molecule has 1 aromatic carbocycles. The Balaban J connectivity index is 2.03. The summed E-state index contributed by atoms with van der Waals surface area (Å²) in [5, 5.41) is 0. The van der Waals surface area contributed by atoms with Crippen LogP contribution in [0.3, 0.4) is 0 Å². The monoisotopic (exact) mass is 229 g/mol. The van der Waals surface area contributed by atoms with Gasteiger partial charge in [0, 0.05) is 5.92 Å². The van der Waals surface area contributed by atoms with Crippen molar-refractivity contribution in [2.75, 3.05) is 0 Å². The van der Waals surface area contributed by atoms with E-state index in [1.165, 1.54) is 43.2 Å². The van der Waals surface area contributed by atoms with E-state index in [0.717, 1.165) is 17.0 Å². The molecular weight excluding hydrogens is 210 g/mol. The summed E-state index contributed by atoms with van der Waals surface area (Å²) in [5.41, 5.74) is 4.49. The van der Waals surface area contributed by atoms with Gasteiger partial charge in [0.25, 0.3) is 0 Å². The van der Waals surface area contributed by atoms with Gasteiger partial charge in [-0.3, -0.25) is 0 Å². The van der Waals surface area contributed by atoms with E-state index < -0.39 is 0 Å². The fourth-order valence-corrected chi connectivity index (χ4v) is 2.91. The Kier molecular flexibility index (Phi) is 2.65. The third-order valence-electron chi connectivity index (χ3n) is 3.80. The first-order valence-corrected chi connectivity index (χ1v) is 6.62. The SMILES string of the molecule is Cc1cc(C)c2nc(C3CCCCC3)oc2c1. The first-order chi connectivity index (χ1) is 8.24. The maximum Gasteiger partial charge on any atom is 0.198 e. The molecule has 0 N–H and O–H groups in total. The molecule has 0 bridgehead atoms. The van der Waals surface area contributed by atoms with Crippen LogP contribution in [0.25, 0.3) is 11.1 Å². The van der Waals surface area contributed by atoms with Crippen LogP contribution < -0.4 is 0 Å². The second-order valence-electron chi connectivity index (χ2n) is 5.32. The summed E-state index contributed by atoms with van der Waals surface area (Å²) >= 11 is 0. The molecule has 17 heavy (non-hydrogen) atoms. The Morgan fingerprint density at radius 2 is 1.88 bits per heavy atom. The highest BCUT2D eigenvalue weighted by Crippen LogP contribution is 2.34. The standard InChI is InChI=1S/C15H19NO/c1-10-8-11(2)14-13(9-10)17-15(16-14)12-6-4-3-5-7-12/h8-9,12H,3-7H2,1-2H3. The number of fused-ring (bicyclic) bond motifs is 1. The molecule has 1 aliphatic rings. The van der Waals surface area contributed by atoms with Gasteiger partial charge in [0.2, 0.25) is 0 Å². The summed E-state index contributed by atoms with van der Waals surface area (Å²) in [6.07, 6.45) is 6.49. The molecule has 0 radical (unpaired) electrons. The highest BCUT2D eigenvalue weighted by atomic mass is 16.3. The van der Waals surface area contributed by atoms with Crippen LogP contribution in [0.15, 0.2) is 16.5 Å². The predicted molar refractivity (Wildman–Crippen MR) is 69.3 cm³/mol. The topological polar surface area (TPSA) is 26.0 Å². The molecule has 1 saturated carbocycles. The molecule has 1 aliphatic carbocycles. The van der Waals surface area contributed by atoms with Crippen molar-refractivity contribution in [3.05, 3.63) is 29.2 Å². The molecule has 2 nitrogen and oxygen atoms in total. The van der Waals surface area contributed by atoms with Gasteiger partial charge in [-0.25, -0.2) is 4.98 Å². The normalized spacial score (nSPS) is 17.8. The van der Waals surface area contributed by atoms with Gasteiger partial charge in [-0.15, -0.1) is 0 Å². The first-order valence-electron chi connectivity index (χ1n) is 6.62. The van der Waals surface area contributed by atoms with Gasteiger partial charge in [-0.1, -0.05) is 25.3 Å². The molecule has 0 amide bonds. The van der Waals surface area contributed by atoms with Crippen LogP contribution in [0, 0.1) is 13.8 Å². The Bertz CT molecular complexity index is 535. The fourth-order valence-electron chi connectivity index (χ4n) is 2.91. The van der Waals surface area contributed by atoms with Crippen LogP contribution in [0.5, 0.6) is 0 Å². The van der Waals surface area contributed by atoms with E-state index in [9.17, 15) is 0 Å². The molecule has 0 saturated heterocycles. The van der Waals surface area contributed by atoms with Crippen LogP contribution in [0.2, 0.25) is 0 Å². The van der Waals surface area contributed by atoms with E-state index in [-0.39, 0.29) is 0 Å². The van der Waals surface area contributed by atoms with Crippen molar-refractivity contribution in [3.8, 4) is 0 Å². The quantitative estimate of drug-likeness (QED) is 0.720. The molecule has 0 atom stereocenters. The maximum absolute atomic E-state index is 5.96. The second-order valence-corrected chi connectivity index (χ2v) is 5.32. The van der Waals surface area contributed by atoms with Gasteiger partial charge < -0.3 is 4.42 Å². The van der Waals surface area contributed by atoms with Gasteiger partial charge in [0.05, 0.1) is 0 Å². The van der Waals surface area contributed by atoms with Gasteiger partial charge >= 0.3 is 0 Å². The maximum atomic E-state index is 5.96. The number of nitrogens with zero attached hydrogens (tertiary/aromatic N) is 1. The molecule has 1 fully saturated rings. The molecule has 3 rings (SSSR count). The van der Waals surface area contributed by atoms with Crippen molar-refractivity contribution in [2.45, 2.75) is 51.9 Å². The molecule has 0 spiro atoms. The van der Waals surface area contributed by atoms with Crippen molar-refractivity contribution in [1.29, 1.82) is 0 Å². The molecule has 2 heteroatoms. The third kappa shape index (κ3) is 1.97.